The Kier molecular flexibility index (Phi) is 3.15. The first-order chi connectivity index (χ1) is 7.63. The van der Waals surface area contributed by atoms with Gasteiger partial charge >= 0.3 is 0 Å². The van der Waals surface area contributed by atoms with Crippen LogP contribution >= 0.6 is 0 Å². The van der Waals surface area contributed by atoms with Crippen LogP contribution in [-0.2, 0) is 0 Å². The van der Waals surface area contributed by atoms with E-state index in [0.29, 0.717) is 11.8 Å². The first-order valence-electron chi connectivity index (χ1n) is 6.04. The molecular formula is C15H20O. The topological polar surface area (TPSA) is 20.2 Å². The minimum Gasteiger partial charge on any atom is -0.392 e. The number of hydrogen-bond acceptors (Lipinski definition) is 1. The van der Waals surface area contributed by atoms with Crippen molar-refractivity contribution in [3.8, 4) is 0 Å². The molecule has 1 aromatic carbocycles. The summed E-state index contributed by atoms with van der Waals surface area (Å²) in [6.45, 7) is 6.83. The van der Waals surface area contributed by atoms with Crippen LogP contribution in [0, 0.1) is 12.8 Å². The second-order valence-corrected chi connectivity index (χ2v) is 5.06. The van der Waals surface area contributed by atoms with Gasteiger partial charge in [0.25, 0.3) is 0 Å². The smallest absolute Gasteiger partial charge is 0.0684 e. The van der Waals surface area contributed by atoms with E-state index < -0.39 is 0 Å². The number of aliphatic hydroxyl groups excluding tert-OH is 1. The maximum Gasteiger partial charge on any atom is 0.0684 e. The average Bonchev–Trinajstić information content (AvgIpc) is 2.26. The molecule has 2 rings (SSSR count). The Balaban J connectivity index is 2.51. The van der Waals surface area contributed by atoms with Crippen molar-refractivity contribution in [2.24, 2.45) is 5.92 Å². The predicted octanol–water partition coefficient (Wildman–Crippen LogP) is 3.51. The van der Waals surface area contributed by atoms with Gasteiger partial charge in [-0.3, -0.25) is 0 Å². The number of hydrogen-bond donors (Lipinski definition) is 1. The van der Waals surface area contributed by atoms with Crippen LogP contribution in [0.2, 0.25) is 0 Å². The number of aryl methyl sites for hydroxylation is 1. The Bertz CT molecular complexity index is 415. The fourth-order valence-corrected chi connectivity index (χ4v) is 2.57. The van der Waals surface area contributed by atoms with Crippen LogP contribution in [0.5, 0.6) is 0 Å². The van der Waals surface area contributed by atoms with Gasteiger partial charge in [-0.25, -0.2) is 0 Å². The van der Waals surface area contributed by atoms with Crippen molar-refractivity contribution in [1.29, 1.82) is 0 Å². The van der Waals surface area contributed by atoms with Gasteiger partial charge in [0.15, 0.2) is 0 Å². The lowest BCUT2D eigenvalue weighted by molar-refractivity contribution is 0.348. The highest BCUT2D eigenvalue weighted by atomic mass is 16.3. The van der Waals surface area contributed by atoms with Gasteiger partial charge in [-0.2, -0.15) is 0 Å². The number of rotatable bonds is 2. The predicted molar refractivity (Wildman–Crippen MR) is 68.4 cm³/mol. The van der Waals surface area contributed by atoms with Gasteiger partial charge < -0.3 is 5.11 Å². The lowest BCUT2D eigenvalue weighted by Crippen LogP contribution is -2.13. The Morgan fingerprint density at radius 2 is 2.12 bits per heavy atom. The monoisotopic (exact) mass is 216 g/mol. The van der Waals surface area contributed by atoms with E-state index >= 15 is 0 Å². The van der Waals surface area contributed by atoms with Gasteiger partial charge in [0.2, 0.25) is 0 Å². The third kappa shape index (κ3) is 1.92. The molecule has 0 saturated heterocycles. The molecule has 16 heavy (non-hydrogen) atoms. The first kappa shape index (κ1) is 11.4. The standard InChI is InChI=1S/C15H20O/c1-10(2)13-7-5-12(9-16)14-6-4-11(3)8-15(13)14/h4-6,8,10,13,16H,7,9H2,1-3H3/t13-/m0/s1. The van der Waals surface area contributed by atoms with Crippen molar-refractivity contribution in [3.05, 3.63) is 41.0 Å². The molecule has 0 amide bonds. The molecule has 1 aliphatic rings. The lowest BCUT2D eigenvalue weighted by atomic mass is 9.77. The molecule has 0 radical (unpaired) electrons. The van der Waals surface area contributed by atoms with E-state index in [0.717, 1.165) is 12.0 Å². The van der Waals surface area contributed by atoms with E-state index in [9.17, 15) is 5.11 Å². The van der Waals surface area contributed by atoms with Gasteiger partial charge in [0.05, 0.1) is 6.61 Å². The first-order valence-corrected chi connectivity index (χ1v) is 6.04. The van der Waals surface area contributed by atoms with Crippen molar-refractivity contribution in [3.63, 3.8) is 0 Å². The number of allylic oxidation sites excluding steroid dienone is 1. The third-order valence-electron chi connectivity index (χ3n) is 3.55. The molecule has 0 bridgehead atoms. The summed E-state index contributed by atoms with van der Waals surface area (Å²) in [5.74, 6) is 1.25. The maximum atomic E-state index is 9.36. The molecule has 0 fully saturated rings. The van der Waals surface area contributed by atoms with Crippen molar-refractivity contribution >= 4 is 5.57 Å². The van der Waals surface area contributed by atoms with E-state index in [-0.39, 0.29) is 6.61 Å². The number of benzene rings is 1. The molecule has 0 saturated carbocycles. The van der Waals surface area contributed by atoms with Gasteiger partial charge in [-0.1, -0.05) is 43.7 Å². The zero-order chi connectivity index (χ0) is 11.7. The van der Waals surface area contributed by atoms with Crippen LogP contribution in [0.4, 0.5) is 0 Å². The van der Waals surface area contributed by atoms with Crippen molar-refractivity contribution in [2.75, 3.05) is 6.61 Å². The highest BCUT2D eigenvalue weighted by Crippen LogP contribution is 2.38. The molecule has 0 heterocycles. The highest BCUT2D eigenvalue weighted by molar-refractivity contribution is 5.71. The normalized spacial score (nSPS) is 19.6. The molecule has 86 valence electrons. The summed E-state index contributed by atoms with van der Waals surface area (Å²) >= 11 is 0. The quantitative estimate of drug-likeness (QED) is 0.802. The van der Waals surface area contributed by atoms with Crippen molar-refractivity contribution in [1.82, 2.24) is 0 Å². The van der Waals surface area contributed by atoms with Crippen LogP contribution in [0.15, 0.2) is 24.3 Å². The Morgan fingerprint density at radius 1 is 1.38 bits per heavy atom. The zero-order valence-corrected chi connectivity index (χ0v) is 10.3. The van der Waals surface area contributed by atoms with Crippen LogP contribution < -0.4 is 0 Å². The Morgan fingerprint density at radius 3 is 2.75 bits per heavy atom. The van der Waals surface area contributed by atoms with Gasteiger partial charge in [0.1, 0.15) is 0 Å². The fourth-order valence-electron chi connectivity index (χ4n) is 2.57. The fraction of sp³-hybridized carbons (Fsp3) is 0.467. The summed E-state index contributed by atoms with van der Waals surface area (Å²) < 4.78 is 0. The molecule has 1 heteroatoms. The number of fused-ring (bicyclic) bond motifs is 1. The van der Waals surface area contributed by atoms with Gasteiger partial charge in [-0.15, -0.1) is 0 Å². The Labute approximate surface area is 97.8 Å². The lowest BCUT2D eigenvalue weighted by Gasteiger charge is -2.28. The van der Waals surface area contributed by atoms with E-state index in [1.54, 1.807) is 0 Å². The molecule has 1 aromatic rings. The second kappa shape index (κ2) is 4.42. The summed E-state index contributed by atoms with van der Waals surface area (Å²) in [6, 6.07) is 6.56. The average molecular weight is 216 g/mol. The van der Waals surface area contributed by atoms with Gasteiger partial charge in [-0.05, 0) is 41.9 Å². The maximum absolute atomic E-state index is 9.36. The SMILES string of the molecule is Cc1ccc2c(c1)[C@H](C(C)C)CC=C2CO. The molecule has 1 N–H and O–H groups in total. The minimum atomic E-state index is 0.154. The van der Waals surface area contributed by atoms with Crippen molar-refractivity contribution in [2.45, 2.75) is 33.1 Å². The second-order valence-electron chi connectivity index (χ2n) is 5.06. The molecule has 1 atom stereocenters. The van der Waals surface area contributed by atoms with E-state index in [4.69, 9.17) is 0 Å². The summed E-state index contributed by atoms with van der Waals surface area (Å²) in [5, 5.41) is 9.36. The van der Waals surface area contributed by atoms with E-state index in [2.05, 4.69) is 45.0 Å². The Hall–Kier alpha value is -1.08. The van der Waals surface area contributed by atoms with Crippen LogP contribution in [0.25, 0.3) is 5.57 Å². The highest BCUT2D eigenvalue weighted by Gasteiger charge is 2.23. The van der Waals surface area contributed by atoms with Crippen molar-refractivity contribution < 1.29 is 5.11 Å². The number of aliphatic hydroxyl groups is 1. The zero-order valence-electron chi connectivity index (χ0n) is 10.3. The summed E-state index contributed by atoms with van der Waals surface area (Å²) in [7, 11) is 0. The van der Waals surface area contributed by atoms with Gasteiger partial charge in [0, 0.05) is 0 Å². The summed E-state index contributed by atoms with van der Waals surface area (Å²) in [4.78, 5) is 0. The van der Waals surface area contributed by atoms with E-state index in [1.165, 1.54) is 16.7 Å². The molecular weight excluding hydrogens is 196 g/mol. The van der Waals surface area contributed by atoms with Crippen LogP contribution in [0.1, 0.15) is 42.9 Å². The molecule has 0 aromatic heterocycles. The molecule has 1 aliphatic carbocycles. The van der Waals surface area contributed by atoms with Crippen LogP contribution in [-0.4, -0.2) is 11.7 Å². The summed E-state index contributed by atoms with van der Waals surface area (Å²) in [6.07, 6.45) is 3.26. The van der Waals surface area contributed by atoms with Crippen LogP contribution in [0.3, 0.4) is 0 Å². The molecule has 0 spiro atoms. The molecule has 1 nitrogen and oxygen atoms in total. The minimum absolute atomic E-state index is 0.154. The molecule has 0 aliphatic heterocycles. The largest absolute Gasteiger partial charge is 0.392 e. The third-order valence-corrected chi connectivity index (χ3v) is 3.55. The molecule has 0 unspecified atom stereocenters. The van der Waals surface area contributed by atoms with E-state index in [1.807, 2.05) is 0 Å². The summed E-state index contributed by atoms with van der Waals surface area (Å²) in [5.41, 5.74) is 5.06.